The SMILES string of the molecule is CC[C@H]1C(C(=O)NC)C[C@@H](O)[C@@H]1n1cnc2c(NCC3CCC3)cc(Cl)nc21. The summed E-state index contributed by atoms with van der Waals surface area (Å²) in [6.45, 7) is 2.96. The number of hydrogen-bond donors (Lipinski definition) is 3. The number of amides is 1. The third kappa shape index (κ3) is 3.35. The van der Waals surface area contributed by atoms with Crippen LogP contribution in [-0.2, 0) is 4.79 Å². The lowest BCUT2D eigenvalue weighted by Gasteiger charge is -2.26. The molecule has 2 aliphatic carbocycles. The first-order chi connectivity index (χ1) is 13.5. The van der Waals surface area contributed by atoms with Crippen LogP contribution < -0.4 is 10.6 Å². The zero-order chi connectivity index (χ0) is 19.8. The van der Waals surface area contributed by atoms with Crippen molar-refractivity contribution >= 4 is 34.4 Å². The molecular weight excluding hydrogens is 378 g/mol. The molecule has 0 bridgehead atoms. The van der Waals surface area contributed by atoms with Crippen molar-refractivity contribution in [3.8, 4) is 0 Å². The number of carbonyl (C=O) groups excluding carboxylic acids is 1. The van der Waals surface area contributed by atoms with E-state index in [4.69, 9.17) is 11.6 Å². The van der Waals surface area contributed by atoms with E-state index in [1.54, 1.807) is 13.4 Å². The minimum absolute atomic E-state index is 0.0134. The summed E-state index contributed by atoms with van der Waals surface area (Å²) in [6.07, 6.45) is 6.15. The molecule has 1 amide bonds. The third-order valence-electron chi connectivity index (χ3n) is 6.53. The van der Waals surface area contributed by atoms with Gasteiger partial charge in [0.05, 0.1) is 24.2 Å². The predicted molar refractivity (Wildman–Crippen MR) is 109 cm³/mol. The number of anilines is 1. The largest absolute Gasteiger partial charge is 0.391 e. The molecule has 8 heteroatoms. The Morgan fingerprint density at radius 2 is 2.21 bits per heavy atom. The summed E-state index contributed by atoms with van der Waals surface area (Å²) in [5.74, 6) is 0.479. The van der Waals surface area contributed by atoms with E-state index in [1.165, 1.54) is 19.3 Å². The molecule has 152 valence electrons. The molecule has 0 saturated heterocycles. The van der Waals surface area contributed by atoms with Crippen molar-refractivity contribution in [1.29, 1.82) is 0 Å². The van der Waals surface area contributed by atoms with Gasteiger partial charge in [-0.25, -0.2) is 9.97 Å². The Morgan fingerprint density at radius 3 is 2.86 bits per heavy atom. The Hall–Kier alpha value is -1.86. The molecule has 2 fully saturated rings. The average Bonchev–Trinajstić information content (AvgIpc) is 3.19. The Kier molecular flexibility index (Phi) is 5.47. The molecule has 0 radical (unpaired) electrons. The van der Waals surface area contributed by atoms with Crippen LogP contribution in [0.25, 0.3) is 11.2 Å². The Morgan fingerprint density at radius 1 is 1.43 bits per heavy atom. The maximum Gasteiger partial charge on any atom is 0.223 e. The minimum atomic E-state index is -0.628. The first kappa shape index (κ1) is 19.5. The van der Waals surface area contributed by atoms with Crippen molar-refractivity contribution in [3.63, 3.8) is 0 Å². The van der Waals surface area contributed by atoms with Gasteiger partial charge in [0.1, 0.15) is 10.7 Å². The molecule has 7 nitrogen and oxygen atoms in total. The highest BCUT2D eigenvalue weighted by Gasteiger charge is 2.46. The quantitative estimate of drug-likeness (QED) is 0.642. The van der Waals surface area contributed by atoms with Crippen LogP contribution in [0.3, 0.4) is 0 Å². The number of nitrogens with zero attached hydrogens (tertiary/aromatic N) is 3. The maximum absolute atomic E-state index is 12.3. The van der Waals surface area contributed by atoms with Gasteiger partial charge in [-0.2, -0.15) is 0 Å². The predicted octanol–water partition coefficient (Wildman–Crippen LogP) is 2.99. The van der Waals surface area contributed by atoms with E-state index >= 15 is 0 Å². The normalized spacial score (nSPS) is 27.7. The fourth-order valence-corrected chi connectivity index (χ4v) is 4.97. The number of carbonyl (C=O) groups is 1. The van der Waals surface area contributed by atoms with Gasteiger partial charge in [0.15, 0.2) is 5.65 Å². The lowest BCUT2D eigenvalue weighted by Crippen LogP contribution is -2.31. The van der Waals surface area contributed by atoms with E-state index in [0.29, 0.717) is 23.1 Å². The van der Waals surface area contributed by atoms with E-state index in [9.17, 15) is 9.90 Å². The fourth-order valence-electron chi connectivity index (χ4n) is 4.78. The van der Waals surface area contributed by atoms with Gasteiger partial charge in [-0.3, -0.25) is 4.79 Å². The smallest absolute Gasteiger partial charge is 0.223 e. The molecule has 4 atom stereocenters. The number of aliphatic hydroxyl groups excluding tert-OH is 1. The Labute approximate surface area is 169 Å². The second kappa shape index (κ2) is 7.87. The number of aromatic nitrogens is 3. The van der Waals surface area contributed by atoms with Crippen molar-refractivity contribution in [2.75, 3.05) is 18.9 Å². The molecular formula is C20H28ClN5O2. The highest BCUT2D eigenvalue weighted by atomic mass is 35.5. The van der Waals surface area contributed by atoms with Crippen molar-refractivity contribution in [2.45, 2.75) is 51.2 Å². The highest BCUT2D eigenvalue weighted by molar-refractivity contribution is 6.30. The summed E-state index contributed by atoms with van der Waals surface area (Å²) in [5, 5.41) is 17.4. The van der Waals surface area contributed by atoms with Gasteiger partial charge in [0, 0.05) is 25.6 Å². The van der Waals surface area contributed by atoms with Gasteiger partial charge >= 0.3 is 0 Å². The average molecular weight is 406 g/mol. The van der Waals surface area contributed by atoms with Crippen molar-refractivity contribution < 1.29 is 9.90 Å². The number of aliphatic hydroxyl groups is 1. The van der Waals surface area contributed by atoms with Gasteiger partial charge < -0.3 is 20.3 Å². The standard InChI is InChI=1S/C20H28ClN5O2/c1-3-12-13(20(28)22-2)7-15(27)18(12)26-10-24-17-14(8-16(21)25-19(17)26)23-9-11-5-4-6-11/h8,10-13,15,18,27H,3-7,9H2,1-2H3,(H,22,28)(H,23,25)/t12-,13?,15+,18+/m0/s1. The fraction of sp³-hybridized carbons (Fsp3) is 0.650. The molecule has 0 aromatic carbocycles. The van der Waals surface area contributed by atoms with Crippen LogP contribution in [0.4, 0.5) is 5.69 Å². The lowest BCUT2D eigenvalue weighted by molar-refractivity contribution is -0.125. The van der Waals surface area contributed by atoms with Crippen molar-refractivity contribution in [3.05, 3.63) is 17.5 Å². The van der Waals surface area contributed by atoms with Crippen LogP contribution in [0.1, 0.15) is 45.1 Å². The number of fused-ring (bicyclic) bond motifs is 1. The molecule has 2 aromatic heterocycles. The third-order valence-corrected chi connectivity index (χ3v) is 6.72. The number of imidazole rings is 1. The van der Waals surface area contributed by atoms with Crippen molar-refractivity contribution in [1.82, 2.24) is 19.9 Å². The van der Waals surface area contributed by atoms with Crippen molar-refractivity contribution in [2.24, 2.45) is 17.8 Å². The van der Waals surface area contributed by atoms with Gasteiger partial charge in [-0.15, -0.1) is 0 Å². The molecule has 28 heavy (non-hydrogen) atoms. The van der Waals surface area contributed by atoms with E-state index in [2.05, 4.69) is 27.5 Å². The summed E-state index contributed by atoms with van der Waals surface area (Å²) < 4.78 is 1.91. The summed E-state index contributed by atoms with van der Waals surface area (Å²) in [7, 11) is 1.64. The van der Waals surface area contributed by atoms with Gasteiger partial charge in [0.2, 0.25) is 5.91 Å². The van der Waals surface area contributed by atoms with Crippen LogP contribution in [-0.4, -0.2) is 45.2 Å². The molecule has 0 spiro atoms. The summed E-state index contributed by atoms with van der Waals surface area (Å²) in [6, 6.07) is 1.57. The second-order valence-electron chi connectivity index (χ2n) is 8.08. The highest BCUT2D eigenvalue weighted by Crippen LogP contribution is 2.44. The van der Waals surface area contributed by atoms with Gasteiger partial charge in [-0.05, 0) is 31.1 Å². The number of nitrogens with one attached hydrogen (secondary N) is 2. The van der Waals surface area contributed by atoms with E-state index in [1.807, 2.05) is 10.6 Å². The number of rotatable bonds is 6. The molecule has 2 aromatic rings. The zero-order valence-corrected chi connectivity index (χ0v) is 17.1. The van der Waals surface area contributed by atoms with Crippen LogP contribution >= 0.6 is 11.6 Å². The summed E-state index contributed by atoms with van der Waals surface area (Å²) in [4.78, 5) is 21.4. The molecule has 2 heterocycles. The monoisotopic (exact) mass is 405 g/mol. The Bertz CT molecular complexity index is 866. The van der Waals surface area contributed by atoms with Gasteiger partial charge in [-0.1, -0.05) is 31.4 Å². The molecule has 4 rings (SSSR count). The number of pyridine rings is 1. The summed E-state index contributed by atoms with van der Waals surface area (Å²) >= 11 is 6.31. The zero-order valence-electron chi connectivity index (χ0n) is 16.4. The number of hydrogen-bond acceptors (Lipinski definition) is 5. The molecule has 0 aliphatic heterocycles. The van der Waals surface area contributed by atoms with Crippen LogP contribution in [0.5, 0.6) is 0 Å². The van der Waals surface area contributed by atoms with Crippen LogP contribution in [0, 0.1) is 17.8 Å². The van der Waals surface area contributed by atoms with Crippen LogP contribution in [0.15, 0.2) is 12.4 Å². The molecule has 2 saturated carbocycles. The maximum atomic E-state index is 12.3. The first-order valence-corrected chi connectivity index (χ1v) is 10.6. The Balaban J connectivity index is 1.68. The number of halogens is 1. The van der Waals surface area contributed by atoms with E-state index in [0.717, 1.165) is 24.2 Å². The topological polar surface area (TPSA) is 92.1 Å². The first-order valence-electron chi connectivity index (χ1n) is 10.2. The van der Waals surface area contributed by atoms with Gasteiger partial charge in [0.25, 0.3) is 0 Å². The molecule has 3 N–H and O–H groups in total. The summed E-state index contributed by atoms with van der Waals surface area (Å²) in [5.41, 5.74) is 2.29. The van der Waals surface area contributed by atoms with E-state index < -0.39 is 6.10 Å². The molecule has 2 aliphatic rings. The minimum Gasteiger partial charge on any atom is -0.391 e. The second-order valence-corrected chi connectivity index (χ2v) is 8.47. The molecule has 1 unspecified atom stereocenters. The lowest BCUT2D eigenvalue weighted by atomic mass is 9.85. The van der Waals surface area contributed by atoms with E-state index in [-0.39, 0.29) is 23.8 Å². The van der Waals surface area contributed by atoms with Crippen LogP contribution in [0.2, 0.25) is 5.15 Å².